The van der Waals surface area contributed by atoms with E-state index >= 15 is 0 Å². The van der Waals surface area contributed by atoms with Crippen molar-refractivity contribution in [1.29, 1.82) is 0 Å². The predicted molar refractivity (Wildman–Crippen MR) is 64.4 cm³/mol. The summed E-state index contributed by atoms with van der Waals surface area (Å²) in [4.78, 5) is 12.0. The van der Waals surface area contributed by atoms with Gasteiger partial charge in [-0.05, 0) is 19.4 Å². The van der Waals surface area contributed by atoms with E-state index in [-0.39, 0.29) is 11.5 Å². The number of sulfone groups is 1. The fourth-order valence-electron chi connectivity index (χ4n) is 1.48. The summed E-state index contributed by atoms with van der Waals surface area (Å²) < 4.78 is 23.2. The van der Waals surface area contributed by atoms with E-state index in [1.54, 1.807) is 32.0 Å². The summed E-state index contributed by atoms with van der Waals surface area (Å²) in [6.07, 6.45) is 0. The predicted octanol–water partition coefficient (Wildman–Crippen LogP) is 2.00. The van der Waals surface area contributed by atoms with Gasteiger partial charge >= 0.3 is 0 Å². The molecular formula is C12H16O3S. The molecule has 0 aliphatic heterocycles. The van der Waals surface area contributed by atoms with E-state index in [9.17, 15) is 13.2 Å². The lowest BCUT2D eigenvalue weighted by Gasteiger charge is -2.11. The molecule has 0 N–H and O–H groups in total. The van der Waals surface area contributed by atoms with E-state index in [2.05, 4.69) is 0 Å². The first-order chi connectivity index (χ1) is 7.40. The zero-order chi connectivity index (χ0) is 12.3. The molecule has 0 saturated heterocycles. The monoisotopic (exact) mass is 240 g/mol. The van der Waals surface area contributed by atoms with E-state index in [0.717, 1.165) is 5.56 Å². The van der Waals surface area contributed by atoms with Gasteiger partial charge in [0.05, 0.1) is 0 Å². The van der Waals surface area contributed by atoms with Crippen LogP contribution >= 0.6 is 0 Å². The SMILES string of the molecule is CCS(=O)(=O)C(C)C(=O)c1ccccc1C. The van der Waals surface area contributed by atoms with Crippen LogP contribution in [-0.4, -0.2) is 25.2 Å². The minimum absolute atomic E-state index is 0.00815. The third-order valence-corrected chi connectivity index (χ3v) is 4.82. The Balaban J connectivity index is 3.10. The molecule has 0 amide bonds. The van der Waals surface area contributed by atoms with Crippen LogP contribution in [0.25, 0.3) is 0 Å². The summed E-state index contributed by atoms with van der Waals surface area (Å²) in [5, 5.41) is -0.960. The molecule has 3 nitrogen and oxygen atoms in total. The first-order valence-corrected chi connectivity index (χ1v) is 6.93. The molecule has 1 atom stereocenters. The van der Waals surface area contributed by atoms with Gasteiger partial charge < -0.3 is 0 Å². The molecule has 1 rings (SSSR count). The second-order valence-electron chi connectivity index (χ2n) is 3.77. The highest BCUT2D eigenvalue weighted by molar-refractivity contribution is 7.92. The molecule has 1 unspecified atom stereocenters. The van der Waals surface area contributed by atoms with E-state index < -0.39 is 15.1 Å². The molecule has 0 aromatic heterocycles. The van der Waals surface area contributed by atoms with Crippen molar-refractivity contribution in [2.24, 2.45) is 0 Å². The molecule has 88 valence electrons. The quantitative estimate of drug-likeness (QED) is 0.756. The Morgan fingerprint density at radius 2 is 1.88 bits per heavy atom. The molecule has 0 radical (unpaired) electrons. The number of hydrogen-bond acceptors (Lipinski definition) is 3. The number of carbonyl (C=O) groups excluding carboxylic acids is 1. The van der Waals surface area contributed by atoms with Crippen molar-refractivity contribution in [2.75, 3.05) is 5.75 Å². The van der Waals surface area contributed by atoms with Gasteiger partial charge in [-0.1, -0.05) is 31.2 Å². The smallest absolute Gasteiger partial charge is 0.180 e. The van der Waals surface area contributed by atoms with E-state index in [0.29, 0.717) is 5.56 Å². The standard InChI is InChI=1S/C12H16O3S/c1-4-16(14,15)10(3)12(13)11-8-6-5-7-9(11)2/h5-8,10H,4H2,1-3H3. The highest BCUT2D eigenvalue weighted by Gasteiger charge is 2.27. The largest absolute Gasteiger partial charge is 0.293 e. The van der Waals surface area contributed by atoms with Gasteiger partial charge in [-0.2, -0.15) is 0 Å². The summed E-state index contributed by atoms with van der Waals surface area (Å²) in [7, 11) is -3.31. The van der Waals surface area contributed by atoms with Crippen molar-refractivity contribution in [1.82, 2.24) is 0 Å². The molecule has 0 aliphatic rings. The fraction of sp³-hybridized carbons (Fsp3) is 0.417. The Bertz CT molecular complexity index is 489. The Hall–Kier alpha value is -1.16. The maximum atomic E-state index is 12.0. The molecular weight excluding hydrogens is 224 g/mol. The van der Waals surface area contributed by atoms with Crippen LogP contribution in [0.5, 0.6) is 0 Å². The summed E-state index contributed by atoms with van der Waals surface area (Å²) in [6.45, 7) is 4.81. The maximum Gasteiger partial charge on any atom is 0.180 e. The van der Waals surface area contributed by atoms with Gasteiger partial charge in [-0.15, -0.1) is 0 Å². The van der Waals surface area contributed by atoms with Gasteiger partial charge in [-0.25, -0.2) is 8.42 Å². The van der Waals surface area contributed by atoms with Crippen molar-refractivity contribution in [3.05, 3.63) is 35.4 Å². The number of hydrogen-bond donors (Lipinski definition) is 0. The lowest BCUT2D eigenvalue weighted by atomic mass is 10.0. The zero-order valence-electron chi connectivity index (χ0n) is 9.73. The number of carbonyl (C=O) groups is 1. The van der Waals surface area contributed by atoms with Crippen molar-refractivity contribution in [3.8, 4) is 0 Å². The van der Waals surface area contributed by atoms with Crippen LogP contribution in [0, 0.1) is 6.92 Å². The van der Waals surface area contributed by atoms with Gasteiger partial charge in [-0.3, -0.25) is 4.79 Å². The Labute approximate surface area is 96.4 Å². The summed E-state index contributed by atoms with van der Waals surface area (Å²) in [5.41, 5.74) is 1.30. The van der Waals surface area contributed by atoms with E-state index in [1.807, 2.05) is 6.07 Å². The molecule has 0 fully saturated rings. The second kappa shape index (κ2) is 4.78. The lowest BCUT2D eigenvalue weighted by molar-refractivity contribution is 0.0991. The van der Waals surface area contributed by atoms with Gasteiger partial charge in [0.25, 0.3) is 0 Å². The Kier molecular flexibility index (Phi) is 3.86. The number of benzene rings is 1. The number of rotatable bonds is 4. The second-order valence-corrected chi connectivity index (χ2v) is 6.38. The molecule has 0 bridgehead atoms. The molecule has 0 spiro atoms. The van der Waals surface area contributed by atoms with Crippen LogP contribution < -0.4 is 0 Å². The zero-order valence-corrected chi connectivity index (χ0v) is 10.5. The van der Waals surface area contributed by atoms with Crippen molar-refractivity contribution in [2.45, 2.75) is 26.0 Å². The average Bonchev–Trinajstić information content (AvgIpc) is 2.27. The van der Waals surface area contributed by atoms with Gasteiger partial charge in [0.15, 0.2) is 15.6 Å². The Morgan fingerprint density at radius 3 is 2.38 bits per heavy atom. The minimum atomic E-state index is -3.31. The third-order valence-electron chi connectivity index (χ3n) is 2.72. The van der Waals surface area contributed by atoms with Gasteiger partial charge in [0.2, 0.25) is 0 Å². The highest BCUT2D eigenvalue weighted by Crippen LogP contribution is 2.14. The summed E-state index contributed by atoms with van der Waals surface area (Å²) in [6, 6.07) is 7.04. The molecule has 0 heterocycles. The van der Waals surface area contributed by atoms with E-state index in [1.165, 1.54) is 6.92 Å². The normalized spacial score (nSPS) is 13.4. The van der Waals surface area contributed by atoms with Crippen LogP contribution in [0.15, 0.2) is 24.3 Å². The molecule has 0 saturated carbocycles. The van der Waals surface area contributed by atoms with Crippen molar-refractivity contribution < 1.29 is 13.2 Å². The van der Waals surface area contributed by atoms with Crippen molar-refractivity contribution >= 4 is 15.6 Å². The first kappa shape index (κ1) is 12.9. The average molecular weight is 240 g/mol. The maximum absolute atomic E-state index is 12.0. The molecule has 1 aromatic carbocycles. The molecule has 1 aromatic rings. The highest BCUT2D eigenvalue weighted by atomic mass is 32.2. The van der Waals surface area contributed by atoms with Gasteiger partial charge in [0.1, 0.15) is 5.25 Å². The summed E-state index contributed by atoms with van der Waals surface area (Å²) >= 11 is 0. The minimum Gasteiger partial charge on any atom is -0.293 e. The van der Waals surface area contributed by atoms with Crippen LogP contribution in [0.1, 0.15) is 29.8 Å². The van der Waals surface area contributed by atoms with E-state index in [4.69, 9.17) is 0 Å². The Morgan fingerprint density at radius 1 is 1.31 bits per heavy atom. The molecule has 0 aliphatic carbocycles. The lowest BCUT2D eigenvalue weighted by Crippen LogP contribution is -2.29. The van der Waals surface area contributed by atoms with Gasteiger partial charge in [0, 0.05) is 11.3 Å². The van der Waals surface area contributed by atoms with Crippen LogP contribution in [0.2, 0.25) is 0 Å². The number of Topliss-reactive ketones (excluding diaryl/α,β-unsaturated/α-hetero) is 1. The first-order valence-electron chi connectivity index (χ1n) is 5.21. The van der Waals surface area contributed by atoms with Crippen LogP contribution in [-0.2, 0) is 9.84 Å². The summed E-state index contributed by atoms with van der Waals surface area (Å²) in [5.74, 6) is -0.328. The van der Waals surface area contributed by atoms with Crippen LogP contribution in [0.3, 0.4) is 0 Å². The van der Waals surface area contributed by atoms with Crippen molar-refractivity contribution in [3.63, 3.8) is 0 Å². The number of ketones is 1. The molecule has 4 heteroatoms. The number of aryl methyl sites for hydroxylation is 1. The fourth-order valence-corrected chi connectivity index (χ4v) is 2.43. The topological polar surface area (TPSA) is 51.2 Å². The van der Waals surface area contributed by atoms with Crippen LogP contribution in [0.4, 0.5) is 0 Å². The third kappa shape index (κ3) is 2.50. The molecule has 16 heavy (non-hydrogen) atoms.